The van der Waals surface area contributed by atoms with Gasteiger partial charge in [0.1, 0.15) is 11.7 Å². The molecule has 2 aliphatic carbocycles. The van der Waals surface area contributed by atoms with Crippen LogP contribution in [0.3, 0.4) is 0 Å². The number of phenolic OH excluding ortho intramolecular Hbond substituents is 1. The molecule has 2 aliphatic heterocycles. The Kier molecular flexibility index (Phi) is 6.10. The molecule has 2 heterocycles. The molecule has 2 N–H and O–H groups in total. The van der Waals surface area contributed by atoms with Crippen LogP contribution in [0.2, 0.25) is 0 Å². The number of carbonyl (C=O) groups is 1. The number of likely N-dealkylation sites (N-methyl/N-ethyl adjacent to an activating group) is 1. The molecule has 0 aromatic heterocycles. The summed E-state index contributed by atoms with van der Waals surface area (Å²) in [4.78, 5) is 17.6. The van der Waals surface area contributed by atoms with Crippen LogP contribution >= 0.6 is 0 Å². The van der Waals surface area contributed by atoms with Gasteiger partial charge in [-0.15, -0.1) is 0 Å². The van der Waals surface area contributed by atoms with E-state index in [1.54, 1.807) is 24.1 Å². The minimum absolute atomic E-state index is 0.0897. The van der Waals surface area contributed by atoms with E-state index in [1.165, 1.54) is 5.56 Å². The number of likely N-dealkylation sites (tertiary alicyclic amines) is 1. The molecule has 7 rings (SSSR count). The second-order valence-corrected chi connectivity index (χ2v) is 12.1. The molecule has 6 nitrogen and oxygen atoms in total. The number of rotatable bonds is 6. The van der Waals surface area contributed by atoms with Crippen molar-refractivity contribution in [2.24, 2.45) is 0 Å². The van der Waals surface area contributed by atoms with Crippen LogP contribution in [-0.4, -0.2) is 69.8 Å². The number of amides is 1. The van der Waals surface area contributed by atoms with Gasteiger partial charge < -0.3 is 19.8 Å². The van der Waals surface area contributed by atoms with Crippen molar-refractivity contribution in [1.29, 1.82) is 0 Å². The Morgan fingerprint density at radius 1 is 1.15 bits per heavy atom. The summed E-state index contributed by atoms with van der Waals surface area (Å²) in [6, 6.07) is 21.7. The number of aryl methyl sites for hydroxylation is 1. The van der Waals surface area contributed by atoms with Crippen molar-refractivity contribution in [3.63, 3.8) is 0 Å². The first-order valence-corrected chi connectivity index (χ1v) is 14.5. The second kappa shape index (κ2) is 9.61. The van der Waals surface area contributed by atoms with Gasteiger partial charge in [0.25, 0.3) is 0 Å². The fourth-order valence-corrected chi connectivity index (χ4v) is 7.89. The Labute approximate surface area is 241 Å². The second-order valence-electron chi connectivity index (χ2n) is 12.1. The Bertz CT molecular complexity index is 1570. The normalized spacial score (nSPS) is 29.3. The number of hydrogen-bond acceptors (Lipinski definition) is 5. The lowest BCUT2D eigenvalue weighted by Crippen LogP contribution is -2.76. The van der Waals surface area contributed by atoms with Gasteiger partial charge in [-0.05, 0) is 61.6 Å². The first-order chi connectivity index (χ1) is 19.8. The molecule has 3 aromatic rings. The van der Waals surface area contributed by atoms with Crippen molar-refractivity contribution in [2.75, 3.05) is 20.1 Å². The Hall–Kier alpha value is -3.87. The van der Waals surface area contributed by atoms with Crippen molar-refractivity contribution in [2.45, 2.75) is 55.4 Å². The summed E-state index contributed by atoms with van der Waals surface area (Å²) in [5, 5.41) is 23.6. The lowest BCUT2D eigenvalue weighted by molar-refractivity contribution is -0.154. The Morgan fingerprint density at radius 2 is 1.98 bits per heavy atom. The van der Waals surface area contributed by atoms with Crippen LogP contribution in [-0.2, 0) is 23.1 Å². The van der Waals surface area contributed by atoms with Gasteiger partial charge in [0.05, 0.1) is 11.5 Å². The summed E-state index contributed by atoms with van der Waals surface area (Å²) in [5.41, 5.74) is 3.49. The highest BCUT2D eigenvalue weighted by Gasteiger charge is 2.72. The topological polar surface area (TPSA) is 73.2 Å². The number of aromatic hydroxyl groups is 1. The summed E-state index contributed by atoms with van der Waals surface area (Å²) in [6.45, 7) is 3.68. The molecule has 4 aliphatic rings. The maximum Gasteiger partial charge on any atom is 0.246 e. The summed E-state index contributed by atoms with van der Waals surface area (Å²) in [5.74, 6) is 0.415. The van der Waals surface area contributed by atoms with E-state index < -0.39 is 23.2 Å². The van der Waals surface area contributed by atoms with Crippen LogP contribution in [0.5, 0.6) is 11.5 Å². The molecule has 1 fully saturated rings. The number of ether oxygens (including phenoxy) is 1. The molecule has 1 saturated heterocycles. The van der Waals surface area contributed by atoms with Crippen LogP contribution in [0, 0.1) is 6.92 Å². The maximum absolute atomic E-state index is 13.4. The van der Waals surface area contributed by atoms with Gasteiger partial charge in [-0.3, -0.25) is 9.69 Å². The molecular formula is C35H36N2O4. The van der Waals surface area contributed by atoms with E-state index in [-0.39, 0.29) is 17.7 Å². The number of carbonyl (C=O) groups excluding carboxylic acids is 1. The number of hydrogen-bond donors (Lipinski definition) is 2. The van der Waals surface area contributed by atoms with Gasteiger partial charge >= 0.3 is 0 Å². The smallest absolute Gasteiger partial charge is 0.246 e. The average Bonchev–Trinajstić information content (AvgIpc) is 3.33. The van der Waals surface area contributed by atoms with E-state index in [0.29, 0.717) is 18.6 Å². The highest BCUT2D eigenvalue weighted by Crippen LogP contribution is 2.64. The summed E-state index contributed by atoms with van der Waals surface area (Å²) >= 11 is 0. The molecule has 6 heteroatoms. The van der Waals surface area contributed by atoms with E-state index in [4.69, 9.17) is 4.74 Å². The first-order valence-electron chi connectivity index (χ1n) is 14.5. The van der Waals surface area contributed by atoms with Crippen molar-refractivity contribution >= 4 is 12.0 Å². The standard InChI is InChI=1S/C35H36N2O4/c1-23-7-6-10-25(21-23)11-14-30(39)36(2)27-15-17-35(40)29-22-26-12-13-28(38)32-31(26)34(35,33(27)41-32)18-20-37(29)19-16-24-8-4-3-5-9-24/h3-15,17,21,27,29,33,38,40H,16,18-20,22H2,1-2H3/t27-,29+,33-,34-,35+/m0/s1. The van der Waals surface area contributed by atoms with Crippen LogP contribution in [0.25, 0.3) is 6.08 Å². The largest absolute Gasteiger partial charge is 0.504 e. The fraction of sp³-hybridized carbons (Fsp3) is 0.343. The lowest BCUT2D eigenvalue weighted by Gasteiger charge is -2.62. The minimum Gasteiger partial charge on any atom is -0.504 e. The van der Waals surface area contributed by atoms with Gasteiger partial charge in [0.15, 0.2) is 11.5 Å². The molecule has 0 unspecified atom stereocenters. The minimum atomic E-state index is -1.18. The van der Waals surface area contributed by atoms with E-state index in [2.05, 4.69) is 29.2 Å². The van der Waals surface area contributed by atoms with Crippen molar-refractivity contribution in [1.82, 2.24) is 9.80 Å². The number of phenols is 1. The molecule has 5 atom stereocenters. The van der Waals surface area contributed by atoms with E-state index >= 15 is 0 Å². The van der Waals surface area contributed by atoms with Crippen molar-refractivity contribution < 1.29 is 19.7 Å². The van der Waals surface area contributed by atoms with Crippen LogP contribution in [0.15, 0.2) is 85.0 Å². The van der Waals surface area contributed by atoms with Gasteiger partial charge in [-0.1, -0.05) is 78.4 Å². The van der Waals surface area contributed by atoms with Crippen LogP contribution in [0.1, 0.15) is 34.2 Å². The average molecular weight is 549 g/mol. The molecule has 1 amide bonds. The zero-order valence-electron chi connectivity index (χ0n) is 23.5. The molecule has 0 saturated carbocycles. The van der Waals surface area contributed by atoms with Gasteiger partial charge in [0.2, 0.25) is 5.91 Å². The monoisotopic (exact) mass is 548 g/mol. The maximum atomic E-state index is 13.4. The Balaban J connectivity index is 1.24. The SMILES string of the molecule is Cc1cccc(C=CC(=O)N(C)[C@H]2C=C[C@@]3(O)[C@H]4Cc5ccc(O)c6c5[C@@]3(CCN4CCc3ccccc3)[C@H]2O6)c1. The number of aliphatic hydroxyl groups is 1. The molecule has 0 radical (unpaired) electrons. The molecule has 1 spiro atoms. The van der Waals surface area contributed by atoms with Crippen LogP contribution < -0.4 is 4.74 Å². The zero-order chi connectivity index (χ0) is 28.4. The molecule has 210 valence electrons. The molecule has 3 aromatic carbocycles. The predicted molar refractivity (Wildman–Crippen MR) is 159 cm³/mol. The van der Waals surface area contributed by atoms with Crippen LogP contribution in [0.4, 0.5) is 0 Å². The predicted octanol–water partition coefficient (Wildman–Crippen LogP) is 4.41. The molecule has 2 bridgehead atoms. The van der Waals surface area contributed by atoms with Gasteiger partial charge in [-0.25, -0.2) is 0 Å². The number of benzene rings is 3. The van der Waals surface area contributed by atoms with Gasteiger partial charge in [0, 0.05) is 31.3 Å². The van der Waals surface area contributed by atoms with Gasteiger partial charge in [-0.2, -0.15) is 0 Å². The lowest BCUT2D eigenvalue weighted by atomic mass is 9.50. The fourth-order valence-electron chi connectivity index (χ4n) is 7.89. The molecule has 41 heavy (non-hydrogen) atoms. The summed E-state index contributed by atoms with van der Waals surface area (Å²) < 4.78 is 6.60. The highest BCUT2D eigenvalue weighted by atomic mass is 16.5. The van der Waals surface area contributed by atoms with E-state index in [1.807, 2.05) is 61.5 Å². The third-order valence-electron chi connectivity index (χ3n) is 9.91. The van der Waals surface area contributed by atoms with E-state index in [9.17, 15) is 15.0 Å². The highest BCUT2D eigenvalue weighted by molar-refractivity contribution is 5.92. The first kappa shape index (κ1) is 26.1. The third kappa shape index (κ3) is 3.88. The zero-order valence-corrected chi connectivity index (χ0v) is 23.5. The number of nitrogens with zero attached hydrogens (tertiary/aromatic N) is 2. The molecular weight excluding hydrogens is 512 g/mol. The summed E-state index contributed by atoms with van der Waals surface area (Å²) in [7, 11) is 1.79. The Morgan fingerprint density at radius 3 is 2.78 bits per heavy atom. The summed E-state index contributed by atoms with van der Waals surface area (Å²) in [6.07, 6.45) is 9.06. The third-order valence-corrected chi connectivity index (χ3v) is 9.91. The van der Waals surface area contributed by atoms with Crippen molar-refractivity contribution in [3.8, 4) is 11.5 Å². The van der Waals surface area contributed by atoms with E-state index in [0.717, 1.165) is 41.8 Å². The quantitative estimate of drug-likeness (QED) is 0.353. The van der Waals surface area contributed by atoms with Crippen molar-refractivity contribution in [3.05, 3.63) is 113 Å². The number of piperidine rings is 1.